The van der Waals surface area contributed by atoms with E-state index in [0.717, 1.165) is 5.69 Å². The Morgan fingerprint density at radius 2 is 1.78 bits per heavy atom. The molecular formula is C16H15ClN4O2. The van der Waals surface area contributed by atoms with E-state index in [1.165, 1.54) is 0 Å². The van der Waals surface area contributed by atoms with Gasteiger partial charge in [0, 0.05) is 35.2 Å². The lowest BCUT2D eigenvalue weighted by atomic mass is 10.2. The molecule has 7 heteroatoms. The van der Waals surface area contributed by atoms with E-state index in [1.807, 2.05) is 6.07 Å². The van der Waals surface area contributed by atoms with E-state index in [1.54, 1.807) is 47.4 Å². The number of hydrogen-bond donors (Lipinski definition) is 3. The number of amides is 4. The van der Waals surface area contributed by atoms with Crippen LogP contribution in [0.25, 0.3) is 0 Å². The first-order chi connectivity index (χ1) is 11.1. The van der Waals surface area contributed by atoms with Gasteiger partial charge in [0.1, 0.15) is 0 Å². The van der Waals surface area contributed by atoms with Gasteiger partial charge in [-0.1, -0.05) is 23.7 Å². The zero-order chi connectivity index (χ0) is 16.2. The Balaban J connectivity index is 1.68. The quantitative estimate of drug-likeness (QED) is 0.805. The molecular weight excluding hydrogens is 316 g/mol. The van der Waals surface area contributed by atoms with Crippen LogP contribution in [-0.2, 0) is 0 Å². The highest BCUT2D eigenvalue weighted by Gasteiger charge is 2.21. The number of nitrogens with one attached hydrogen (secondary N) is 3. The third kappa shape index (κ3) is 3.73. The SMILES string of the molecule is O=C(Nc1cccc(Cl)c1)Nc1cccc(N2CCNC2=O)c1. The maximum absolute atomic E-state index is 12.0. The van der Waals surface area contributed by atoms with Gasteiger partial charge in [-0.05, 0) is 36.4 Å². The lowest BCUT2D eigenvalue weighted by molar-refractivity contribution is 0.252. The van der Waals surface area contributed by atoms with Crippen LogP contribution in [0.2, 0.25) is 5.02 Å². The molecule has 6 nitrogen and oxygen atoms in total. The molecule has 1 heterocycles. The third-order valence-electron chi connectivity index (χ3n) is 3.35. The highest BCUT2D eigenvalue weighted by atomic mass is 35.5. The Labute approximate surface area is 138 Å². The van der Waals surface area contributed by atoms with Gasteiger partial charge in [0.2, 0.25) is 0 Å². The van der Waals surface area contributed by atoms with Gasteiger partial charge in [-0.15, -0.1) is 0 Å². The molecule has 23 heavy (non-hydrogen) atoms. The van der Waals surface area contributed by atoms with Gasteiger partial charge < -0.3 is 16.0 Å². The fourth-order valence-electron chi connectivity index (χ4n) is 2.33. The van der Waals surface area contributed by atoms with E-state index in [0.29, 0.717) is 29.5 Å². The Bertz CT molecular complexity index is 750. The standard InChI is InChI=1S/C16H15ClN4O2/c17-11-3-1-4-12(9-11)19-15(22)20-13-5-2-6-14(10-13)21-8-7-18-16(21)23/h1-6,9-10H,7-8H2,(H,18,23)(H2,19,20,22). The van der Waals surface area contributed by atoms with Crippen molar-refractivity contribution in [2.75, 3.05) is 28.6 Å². The number of nitrogens with zero attached hydrogens (tertiary/aromatic N) is 1. The van der Waals surface area contributed by atoms with Crippen molar-refractivity contribution in [3.8, 4) is 0 Å². The molecule has 118 valence electrons. The summed E-state index contributed by atoms with van der Waals surface area (Å²) in [7, 11) is 0. The second-order valence-corrected chi connectivity index (χ2v) is 5.46. The van der Waals surface area contributed by atoms with Crippen molar-refractivity contribution in [3.05, 3.63) is 53.6 Å². The molecule has 2 aromatic carbocycles. The molecule has 3 rings (SSSR count). The predicted octanol–water partition coefficient (Wildman–Crippen LogP) is 3.51. The normalized spacial score (nSPS) is 13.6. The predicted molar refractivity (Wildman–Crippen MR) is 91.3 cm³/mol. The number of halogens is 1. The van der Waals surface area contributed by atoms with Crippen LogP contribution in [0.1, 0.15) is 0 Å². The molecule has 1 fully saturated rings. The summed E-state index contributed by atoms with van der Waals surface area (Å²) in [6.45, 7) is 1.22. The first kappa shape index (κ1) is 15.2. The van der Waals surface area contributed by atoms with Crippen LogP contribution < -0.4 is 20.9 Å². The number of carbonyl (C=O) groups is 2. The lowest BCUT2D eigenvalue weighted by Crippen LogP contribution is -2.27. The highest BCUT2D eigenvalue weighted by Crippen LogP contribution is 2.21. The molecule has 3 N–H and O–H groups in total. The van der Waals surface area contributed by atoms with E-state index < -0.39 is 0 Å². The fraction of sp³-hybridized carbons (Fsp3) is 0.125. The average Bonchev–Trinajstić information content (AvgIpc) is 2.93. The van der Waals surface area contributed by atoms with E-state index in [-0.39, 0.29) is 12.1 Å². The van der Waals surface area contributed by atoms with Crippen LogP contribution in [0.5, 0.6) is 0 Å². The second-order valence-electron chi connectivity index (χ2n) is 5.02. The van der Waals surface area contributed by atoms with Gasteiger partial charge in [-0.25, -0.2) is 9.59 Å². The molecule has 0 aromatic heterocycles. The van der Waals surface area contributed by atoms with Crippen LogP contribution >= 0.6 is 11.6 Å². The number of hydrogen-bond acceptors (Lipinski definition) is 2. The maximum atomic E-state index is 12.0. The molecule has 0 spiro atoms. The molecule has 0 bridgehead atoms. The molecule has 0 radical (unpaired) electrons. The number of benzene rings is 2. The minimum absolute atomic E-state index is 0.134. The maximum Gasteiger partial charge on any atom is 0.323 e. The summed E-state index contributed by atoms with van der Waals surface area (Å²) in [4.78, 5) is 25.3. The number of carbonyl (C=O) groups excluding carboxylic acids is 2. The summed E-state index contributed by atoms with van der Waals surface area (Å²) in [5.41, 5.74) is 1.94. The summed E-state index contributed by atoms with van der Waals surface area (Å²) in [5, 5.41) is 8.73. The Morgan fingerprint density at radius 1 is 1.09 bits per heavy atom. The number of anilines is 3. The third-order valence-corrected chi connectivity index (χ3v) is 3.59. The average molecular weight is 331 g/mol. The Hall–Kier alpha value is -2.73. The van der Waals surface area contributed by atoms with Crippen molar-refractivity contribution in [1.82, 2.24) is 5.32 Å². The molecule has 1 saturated heterocycles. The van der Waals surface area contributed by atoms with Gasteiger partial charge in [-0.3, -0.25) is 4.90 Å². The molecule has 0 unspecified atom stereocenters. The summed E-state index contributed by atoms with van der Waals surface area (Å²) in [6, 6.07) is 13.5. The first-order valence-corrected chi connectivity index (χ1v) is 7.48. The largest absolute Gasteiger partial charge is 0.336 e. The molecule has 1 aliphatic heterocycles. The minimum atomic E-state index is -0.379. The van der Waals surface area contributed by atoms with E-state index in [4.69, 9.17) is 11.6 Å². The van der Waals surface area contributed by atoms with Crippen molar-refractivity contribution >= 4 is 40.7 Å². The van der Waals surface area contributed by atoms with Crippen molar-refractivity contribution < 1.29 is 9.59 Å². The Morgan fingerprint density at radius 3 is 2.43 bits per heavy atom. The van der Waals surface area contributed by atoms with E-state index in [9.17, 15) is 9.59 Å². The van der Waals surface area contributed by atoms with E-state index in [2.05, 4.69) is 16.0 Å². The zero-order valence-electron chi connectivity index (χ0n) is 12.2. The van der Waals surface area contributed by atoms with Gasteiger partial charge in [0.25, 0.3) is 0 Å². The molecule has 0 saturated carbocycles. The smallest absolute Gasteiger partial charge is 0.323 e. The molecule has 0 atom stereocenters. The van der Waals surface area contributed by atoms with Crippen LogP contribution in [0.15, 0.2) is 48.5 Å². The number of rotatable bonds is 3. The zero-order valence-corrected chi connectivity index (χ0v) is 12.9. The molecule has 1 aliphatic rings. The van der Waals surface area contributed by atoms with Crippen molar-refractivity contribution in [3.63, 3.8) is 0 Å². The van der Waals surface area contributed by atoms with Crippen molar-refractivity contribution in [2.24, 2.45) is 0 Å². The van der Waals surface area contributed by atoms with Crippen molar-refractivity contribution in [1.29, 1.82) is 0 Å². The fourth-order valence-corrected chi connectivity index (χ4v) is 2.52. The Kier molecular flexibility index (Phi) is 4.34. The summed E-state index contributed by atoms with van der Waals surface area (Å²) in [6.07, 6.45) is 0. The van der Waals surface area contributed by atoms with Crippen LogP contribution in [0.4, 0.5) is 26.7 Å². The summed E-state index contributed by atoms with van der Waals surface area (Å²) < 4.78 is 0. The van der Waals surface area contributed by atoms with Gasteiger partial charge in [0.05, 0.1) is 0 Å². The van der Waals surface area contributed by atoms with Gasteiger partial charge in [0.15, 0.2) is 0 Å². The van der Waals surface area contributed by atoms with Crippen LogP contribution in [-0.4, -0.2) is 25.2 Å². The first-order valence-electron chi connectivity index (χ1n) is 7.11. The van der Waals surface area contributed by atoms with Crippen LogP contribution in [0, 0.1) is 0 Å². The molecule has 4 amide bonds. The number of urea groups is 2. The summed E-state index contributed by atoms with van der Waals surface area (Å²) in [5.74, 6) is 0. The second kappa shape index (κ2) is 6.58. The van der Waals surface area contributed by atoms with Gasteiger partial charge >= 0.3 is 12.1 Å². The van der Waals surface area contributed by atoms with Crippen LogP contribution in [0.3, 0.4) is 0 Å². The molecule has 0 aliphatic carbocycles. The monoisotopic (exact) mass is 330 g/mol. The minimum Gasteiger partial charge on any atom is -0.336 e. The topological polar surface area (TPSA) is 73.5 Å². The van der Waals surface area contributed by atoms with E-state index >= 15 is 0 Å². The van der Waals surface area contributed by atoms with Crippen molar-refractivity contribution in [2.45, 2.75) is 0 Å². The highest BCUT2D eigenvalue weighted by molar-refractivity contribution is 6.30. The lowest BCUT2D eigenvalue weighted by Gasteiger charge is -2.15. The van der Waals surface area contributed by atoms with Gasteiger partial charge in [-0.2, -0.15) is 0 Å². The molecule has 2 aromatic rings. The summed E-state index contributed by atoms with van der Waals surface area (Å²) >= 11 is 5.88.